The third-order valence-electron chi connectivity index (χ3n) is 1.33. The summed E-state index contributed by atoms with van der Waals surface area (Å²) in [6, 6.07) is 0. The van der Waals surface area contributed by atoms with E-state index in [2.05, 4.69) is 5.92 Å². The van der Waals surface area contributed by atoms with E-state index >= 15 is 0 Å². The molecule has 1 fully saturated rings. The number of terminal acetylenes is 1. The van der Waals surface area contributed by atoms with Crippen molar-refractivity contribution in [3.05, 3.63) is 0 Å². The average molecular weight is 224 g/mol. The van der Waals surface area contributed by atoms with Gasteiger partial charge in [-0.25, -0.2) is 0 Å². The summed E-state index contributed by atoms with van der Waals surface area (Å²) in [5.41, 5.74) is 0. The van der Waals surface area contributed by atoms with Gasteiger partial charge in [0.2, 0.25) is 4.75 Å². The van der Waals surface area contributed by atoms with E-state index in [0.29, 0.717) is 5.92 Å². The highest BCUT2D eigenvalue weighted by atomic mass is 33.4. The van der Waals surface area contributed by atoms with Crippen LogP contribution in [0.2, 0.25) is 0 Å². The van der Waals surface area contributed by atoms with E-state index in [1.54, 1.807) is 0 Å². The quantitative estimate of drug-likeness (QED) is 0.502. The molecule has 0 aromatic heterocycles. The Bertz CT molecular complexity index is 210. The molecule has 11 heavy (non-hydrogen) atoms. The van der Waals surface area contributed by atoms with Crippen molar-refractivity contribution < 1.29 is 4.57 Å². The maximum absolute atomic E-state index is 11.7. The van der Waals surface area contributed by atoms with Gasteiger partial charge >= 0.3 is 0 Å². The zero-order valence-electron chi connectivity index (χ0n) is 6.15. The standard InChI is InChI=1S/C6H9OPS3/c1-3-6-4-10-8(7,9-2)11-5-6/h1,6H,4-5H2,2H3. The van der Waals surface area contributed by atoms with Gasteiger partial charge in [0.15, 0.2) is 0 Å². The van der Waals surface area contributed by atoms with Crippen molar-refractivity contribution in [1.82, 2.24) is 0 Å². The van der Waals surface area contributed by atoms with Gasteiger partial charge in [0.1, 0.15) is 0 Å². The normalized spacial score (nSPS) is 38.0. The lowest BCUT2D eigenvalue weighted by molar-refractivity contribution is 0.601. The Balaban J connectivity index is 2.49. The molecule has 0 N–H and O–H groups in total. The van der Waals surface area contributed by atoms with Gasteiger partial charge in [-0.2, -0.15) is 0 Å². The molecular formula is C6H9OPS3. The molecule has 0 aromatic rings. The fraction of sp³-hybridized carbons (Fsp3) is 0.667. The largest absolute Gasteiger partial charge is 0.289 e. The monoisotopic (exact) mass is 224 g/mol. The first-order chi connectivity index (χ1) is 5.20. The topological polar surface area (TPSA) is 17.1 Å². The Morgan fingerprint density at radius 3 is 2.55 bits per heavy atom. The molecule has 1 heterocycles. The van der Waals surface area contributed by atoms with Crippen LogP contribution in [-0.4, -0.2) is 17.8 Å². The van der Waals surface area contributed by atoms with Crippen LogP contribution in [0.3, 0.4) is 0 Å². The van der Waals surface area contributed by atoms with Crippen LogP contribution >= 0.6 is 38.9 Å². The van der Waals surface area contributed by atoms with Crippen LogP contribution in [0.1, 0.15) is 0 Å². The van der Waals surface area contributed by atoms with Gasteiger partial charge in [-0.3, -0.25) is 4.57 Å². The van der Waals surface area contributed by atoms with E-state index < -0.39 is 4.75 Å². The summed E-state index contributed by atoms with van der Waals surface area (Å²) in [4.78, 5) is 0. The molecule has 1 rings (SSSR count). The van der Waals surface area contributed by atoms with Crippen LogP contribution in [0, 0.1) is 18.3 Å². The summed E-state index contributed by atoms with van der Waals surface area (Å²) in [6.07, 6.45) is 7.16. The van der Waals surface area contributed by atoms with E-state index in [4.69, 9.17) is 6.42 Å². The van der Waals surface area contributed by atoms with Crippen LogP contribution in [0.25, 0.3) is 0 Å². The van der Waals surface area contributed by atoms with E-state index in [9.17, 15) is 4.57 Å². The Morgan fingerprint density at radius 1 is 1.64 bits per heavy atom. The molecule has 1 nitrogen and oxygen atoms in total. The minimum Gasteiger partial charge on any atom is -0.289 e. The second kappa shape index (κ2) is 4.18. The van der Waals surface area contributed by atoms with Crippen molar-refractivity contribution >= 4 is 38.9 Å². The maximum Gasteiger partial charge on any atom is 0.243 e. The van der Waals surface area contributed by atoms with Crippen LogP contribution in [0.15, 0.2) is 0 Å². The van der Waals surface area contributed by atoms with Gasteiger partial charge in [-0.05, 0) is 6.26 Å². The van der Waals surface area contributed by atoms with Gasteiger partial charge in [-0.1, -0.05) is 34.1 Å². The third kappa shape index (κ3) is 2.66. The summed E-state index contributed by atoms with van der Waals surface area (Å²) in [6.45, 7) is 0. The Morgan fingerprint density at radius 2 is 2.18 bits per heavy atom. The fourth-order valence-electron chi connectivity index (χ4n) is 0.650. The SMILES string of the molecule is C#CC1CSP(=O)(SC)SC1. The molecule has 0 aliphatic carbocycles. The number of rotatable bonds is 1. The Labute approximate surface area is 79.5 Å². The van der Waals surface area contributed by atoms with Crippen LogP contribution < -0.4 is 0 Å². The highest BCUT2D eigenvalue weighted by Gasteiger charge is 2.29. The van der Waals surface area contributed by atoms with E-state index in [1.807, 2.05) is 6.26 Å². The average Bonchev–Trinajstić information content (AvgIpc) is 2.06. The minimum absolute atomic E-state index is 0.319. The van der Waals surface area contributed by atoms with E-state index in [1.165, 1.54) is 34.1 Å². The molecule has 0 bridgehead atoms. The summed E-state index contributed by atoms with van der Waals surface area (Å²) < 4.78 is 9.69. The smallest absolute Gasteiger partial charge is 0.243 e. The lowest BCUT2D eigenvalue weighted by atomic mass is 10.2. The first-order valence-electron chi connectivity index (χ1n) is 3.11. The van der Waals surface area contributed by atoms with Gasteiger partial charge in [0.25, 0.3) is 0 Å². The molecule has 5 heteroatoms. The molecule has 0 atom stereocenters. The highest BCUT2D eigenvalue weighted by Crippen LogP contribution is 2.79. The third-order valence-corrected chi connectivity index (χ3v) is 14.1. The lowest BCUT2D eigenvalue weighted by Crippen LogP contribution is -2.06. The van der Waals surface area contributed by atoms with E-state index in [0.717, 1.165) is 11.5 Å². The molecular weight excluding hydrogens is 215 g/mol. The van der Waals surface area contributed by atoms with Crippen molar-refractivity contribution in [2.45, 2.75) is 0 Å². The summed E-state index contributed by atoms with van der Waals surface area (Å²) in [5.74, 6) is 4.74. The maximum atomic E-state index is 11.7. The fourth-order valence-corrected chi connectivity index (χ4v) is 10.0. The van der Waals surface area contributed by atoms with Gasteiger partial charge < -0.3 is 0 Å². The molecule has 0 unspecified atom stereocenters. The second-order valence-electron chi connectivity index (χ2n) is 2.08. The molecule has 0 amide bonds. The number of hydrogen-bond acceptors (Lipinski definition) is 4. The summed E-state index contributed by atoms with van der Waals surface area (Å²) in [7, 11) is 0. The molecule has 0 spiro atoms. The van der Waals surface area contributed by atoms with Gasteiger partial charge in [0, 0.05) is 17.4 Å². The van der Waals surface area contributed by atoms with Crippen molar-refractivity contribution in [1.29, 1.82) is 0 Å². The molecule has 0 radical (unpaired) electrons. The van der Waals surface area contributed by atoms with Crippen molar-refractivity contribution in [3.8, 4) is 12.3 Å². The number of hydrogen-bond donors (Lipinski definition) is 0. The minimum atomic E-state index is -1.99. The van der Waals surface area contributed by atoms with Crippen LogP contribution in [0.5, 0.6) is 0 Å². The Hall–Kier alpha value is 0.840. The van der Waals surface area contributed by atoms with Crippen molar-refractivity contribution in [2.75, 3.05) is 17.8 Å². The van der Waals surface area contributed by atoms with Crippen LogP contribution in [-0.2, 0) is 4.57 Å². The molecule has 1 aliphatic rings. The lowest BCUT2D eigenvalue weighted by Gasteiger charge is -2.22. The Kier molecular flexibility index (Phi) is 3.77. The zero-order chi connectivity index (χ0) is 8.32. The zero-order valence-corrected chi connectivity index (χ0v) is 9.49. The van der Waals surface area contributed by atoms with Crippen molar-refractivity contribution in [3.63, 3.8) is 0 Å². The predicted molar refractivity (Wildman–Crippen MR) is 58.4 cm³/mol. The molecule has 0 saturated carbocycles. The van der Waals surface area contributed by atoms with Gasteiger partial charge in [-0.15, -0.1) is 12.3 Å². The predicted octanol–water partition coefficient (Wildman–Crippen LogP) is 3.19. The van der Waals surface area contributed by atoms with E-state index in [-0.39, 0.29) is 0 Å². The first kappa shape index (κ1) is 9.92. The van der Waals surface area contributed by atoms with Crippen LogP contribution in [0.4, 0.5) is 0 Å². The highest BCUT2D eigenvalue weighted by molar-refractivity contribution is 9.14. The molecule has 62 valence electrons. The van der Waals surface area contributed by atoms with Gasteiger partial charge in [0.05, 0.1) is 0 Å². The summed E-state index contributed by atoms with van der Waals surface area (Å²) in [5, 5.41) is 0. The summed E-state index contributed by atoms with van der Waals surface area (Å²) >= 11 is 4.55. The van der Waals surface area contributed by atoms with Crippen molar-refractivity contribution in [2.24, 2.45) is 5.92 Å². The molecule has 1 aliphatic heterocycles. The second-order valence-corrected chi connectivity index (χ2v) is 13.9. The molecule has 1 saturated heterocycles. The molecule has 0 aromatic carbocycles. The first-order valence-corrected chi connectivity index (χ1v) is 9.83.